The quantitative estimate of drug-likeness (QED) is 0.753. The Balaban J connectivity index is 2.06. The second-order valence-electron chi connectivity index (χ2n) is 5.90. The predicted molar refractivity (Wildman–Crippen MR) is 90.7 cm³/mol. The van der Waals surface area contributed by atoms with Gasteiger partial charge in [0.25, 0.3) is 5.91 Å². The number of rotatable bonds is 7. The number of carbonyl (C=O) groups is 1. The van der Waals surface area contributed by atoms with Crippen LogP contribution in [-0.4, -0.2) is 50.9 Å². The number of hydrogen-bond donors (Lipinski definition) is 0. The van der Waals surface area contributed by atoms with Gasteiger partial charge in [-0.05, 0) is 42.2 Å². The van der Waals surface area contributed by atoms with Crippen LogP contribution in [-0.2, 0) is 16.3 Å². The Kier molecular flexibility index (Phi) is 5.99. The number of halogens is 1. The van der Waals surface area contributed by atoms with Gasteiger partial charge >= 0.3 is 0 Å². The highest BCUT2D eigenvalue weighted by atomic mass is 32.2. The fourth-order valence-corrected chi connectivity index (χ4v) is 3.03. The van der Waals surface area contributed by atoms with Gasteiger partial charge in [0, 0.05) is 24.9 Å². The molecule has 1 aliphatic rings. The Labute approximate surface area is 142 Å². The normalized spacial score (nSPS) is 15.4. The van der Waals surface area contributed by atoms with Crippen LogP contribution in [0.25, 0.3) is 0 Å². The molecule has 0 spiro atoms. The second-order valence-corrected chi connectivity index (χ2v) is 8.16. The lowest BCUT2D eigenvalue weighted by molar-refractivity contribution is 0.0750. The van der Waals surface area contributed by atoms with Crippen molar-refractivity contribution in [2.45, 2.75) is 19.8 Å². The number of fused-ring (bicyclic) bond motifs is 1. The summed E-state index contributed by atoms with van der Waals surface area (Å²) in [7, 11) is -3.10. The van der Waals surface area contributed by atoms with Gasteiger partial charge in [0.2, 0.25) is 0 Å². The van der Waals surface area contributed by atoms with E-state index in [1.807, 2.05) is 6.92 Å². The van der Waals surface area contributed by atoms with E-state index in [0.717, 1.165) is 11.8 Å². The molecule has 0 atom stereocenters. The lowest BCUT2D eigenvalue weighted by atomic mass is 9.99. The third-order valence-electron chi connectivity index (χ3n) is 4.01. The van der Waals surface area contributed by atoms with Gasteiger partial charge in [0.05, 0.1) is 12.1 Å². The van der Waals surface area contributed by atoms with E-state index < -0.39 is 9.84 Å². The van der Waals surface area contributed by atoms with E-state index >= 15 is 0 Å². The molecule has 0 radical (unpaired) electrons. The molecule has 132 valence electrons. The molecule has 1 aromatic carbocycles. The van der Waals surface area contributed by atoms with Crippen LogP contribution >= 0.6 is 0 Å². The molecule has 0 bridgehead atoms. The van der Waals surface area contributed by atoms with E-state index in [-0.39, 0.29) is 24.8 Å². The van der Waals surface area contributed by atoms with E-state index in [0.29, 0.717) is 42.6 Å². The smallest absolute Gasteiger partial charge is 0.254 e. The van der Waals surface area contributed by atoms with Crippen LogP contribution in [0.4, 0.5) is 4.39 Å². The zero-order valence-electron chi connectivity index (χ0n) is 13.9. The van der Waals surface area contributed by atoms with Crippen molar-refractivity contribution in [1.29, 1.82) is 0 Å². The van der Waals surface area contributed by atoms with Crippen molar-refractivity contribution in [3.8, 4) is 5.75 Å². The minimum Gasteiger partial charge on any atom is -0.489 e. The maximum atomic E-state index is 12.5. The Bertz CT molecular complexity index is 743. The summed E-state index contributed by atoms with van der Waals surface area (Å²) < 4.78 is 40.6. The summed E-state index contributed by atoms with van der Waals surface area (Å²) in [5.41, 5.74) is 2.00. The predicted octanol–water partition coefficient (Wildman–Crippen LogP) is 2.37. The van der Waals surface area contributed by atoms with E-state index in [9.17, 15) is 17.6 Å². The second kappa shape index (κ2) is 7.79. The monoisotopic (exact) mass is 355 g/mol. The molecule has 0 aliphatic carbocycles. The van der Waals surface area contributed by atoms with Gasteiger partial charge in [-0.25, -0.2) is 12.8 Å². The van der Waals surface area contributed by atoms with Crippen molar-refractivity contribution in [3.05, 3.63) is 41.2 Å². The molecular formula is C17H22FNO4S. The molecule has 0 N–H and O–H groups in total. The van der Waals surface area contributed by atoms with Crippen LogP contribution in [0.2, 0.25) is 0 Å². The summed E-state index contributed by atoms with van der Waals surface area (Å²) in [6, 6.07) is 5.17. The summed E-state index contributed by atoms with van der Waals surface area (Å²) >= 11 is 0. The molecule has 0 aromatic heterocycles. The highest BCUT2D eigenvalue weighted by Crippen LogP contribution is 2.24. The van der Waals surface area contributed by atoms with Crippen molar-refractivity contribution in [3.63, 3.8) is 0 Å². The average molecular weight is 355 g/mol. The van der Waals surface area contributed by atoms with E-state index in [2.05, 4.69) is 0 Å². The number of amides is 1. The topological polar surface area (TPSA) is 63.7 Å². The molecule has 7 heteroatoms. The molecule has 0 saturated heterocycles. The molecule has 1 amide bonds. The first-order chi connectivity index (χ1) is 11.3. The fourth-order valence-electron chi connectivity index (χ4n) is 2.48. The minimum absolute atomic E-state index is 0.0371. The van der Waals surface area contributed by atoms with Crippen LogP contribution < -0.4 is 4.74 Å². The SMILES string of the molecule is CC/C(=C/F)COc1ccc2c(c1)CCN(CCS(C)(=O)=O)C2=O. The molecule has 24 heavy (non-hydrogen) atoms. The number of carbonyl (C=O) groups excluding carboxylic acids is 1. The van der Waals surface area contributed by atoms with E-state index in [1.165, 1.54) is 0 Å². The number of sulfone groups is 1. The van der Waals surface area contributed by atoms with Gasteiger partial charge in [-0.15, -0.1) is 0 Å². The highest BCUT2D eigenvalue weighted by Gasteiger charge is 2.25. The Morgan fingerprint density at radius 3 is 2.79 bits per heavy atom. The van der Waals surface area contributed by atoms with Gasteiger partial charge in [-0.2, -0.15) is 0 Å². The molecule has 0 saturated carbocycles. The van der Waals surface area contributed by atoms with Crippen LogP contribution in [0.15, 0.2) is 30.1 Å². The van der Waals surface area contributed by atoms with Crippen molar-refractivity contribution < 1.29 is 22.3 Å². The van der Waals surface area contributed by atoms with Crippen LogP contribution in [0, 0.1) is 0 Å². The zero-order valence-corrected chi connectivity index (χ0v) is 14.7. The Morgan fingerprint density at radius 2 is 2.17 bits per heavy atom. The average Bonchev–Trinajstić information content (AvgIpc) is 2.54. The molecule has 5 nitrogen and oxygen atoms in total. The summed E-state index contributed by atoms with van der Waals surface area (Å²) in [4.78, 5) is 14.0. The van der Waals surface area contributed by atoms with Crippen LogP contribution in [0.1, 0.15) is 29.3 Å². The molecule has 0 fully saturated rings. The van der Waals surface area contributed by atoms with Crippen molar-refractivity contribution in [2.24, 2.45) is 0 Å². The number of ether oxygens (including phenoxy) is 1. The van der Waals surface area contributed by atoms with Crippen molar-refractivity contribution in [2.75, 3.05) is 31.7 Å². The maximum Gasteiger partial charge on any atom is 0.254 e. The minimum atomic E-state index is -3.10. The molecule has 1 heterocycles. The van der Waals surface area contributed by atoms with Crippen molar-refractivity contribution in [1.82, 2.24) is 4.90 Å². The molecule has 1 aliphatic heterocycles. The summed E-state index contributed by atoms with van der Waals surface area (Å²) in [5, 5.41) is 0. The highest BCUT2D eigenvalue weighted by molar-refractivity contribution is 7.90. The van der Waals surface area contributed by atoms with Crippen LogP contribution in [0.3, 0.4) is 0 Å². The van der Waals surface area contributed by atoms with E-state index in [1.54, 1.807) is 23.1 Å². The van der Waals surface area contributed by atoms with Crippen LogP contribution in [0.5, 0.6) is 5.75 Å². The molecule has 2 rings (SSSR count). The van der Waals surface area contributed by atoms with Gasteiger partial charge < -0.3 is 9.64 Å². The van der Waals surface area contributed by atoms with Gasteiger partial charge in [-0.3, -0.25) is 4.79 Å². The van der Waals surface area contributed by atoms with Gasteiger partial charge in [-0.1, -0.05) is 6.92 Å². The number of nitrogens with zero attached hydrogens (tertiary/aromatic N) is 1. The fraction of sp³-hybridized carbons (Fsp3) is 0.471. The standard InChI is InChI=1S/C17H22FNO4S/c1-3-13(11-18)12-23-15-4-5-16-14(10-15)6-7-19(17(16)20)8-9-24(2,21)22/h4-5,10-11H,3,6-9,12H2,1-2H3/b13-11-. The summed E-state index contributed by atoms with van der Waals surface area (Å²) in [6.07, 6.45) is 2.94. The summed E-state index contributed by atoms with van der Waals surface area (Å²) in [6.45, 7) is 2.72. The number of benzene rings is 1. The first-order valence-corrected chi connectivity index (χ1v) is 9.91. The lowest BCUT2D eigenvalue weighted by Gasteiger charge is -2.28. The van der Waals surface area contributed by atoms with Gasteiger partial charge in [0.1, 0.15) is 22.2 Å². The first kappa shape index (κ1) is 18.4. The largest absolute Gasteiger partial charge is 0.489 e. The Hall–Kier alpha value is -1.89. The molecule has 1 aromatic rings. The number of hydrogen-bond acceptors (Lipinski definition) is 4. The van der Waals surface area contributed by atoms with Crippen molar-refractivity contribution >= 4 is 15.7 Å². The maximum absolute atomic E-state index is 12.5. The Morgan fingerprint density at radius 1 is 1.42 bits per heavy atom. The third-order valence-corrected chi connectivity index (χ3v) is 4.93. The van der Waals surface area contributed by atoms with Gasteiger partial charge in [0.15, 0.2) is 0 Å². The lowest BCUT2D eigenvalue weighted by Crippen LogP contribution is -2.40. The summed E-state index contributed by atoms with van der Waals surface area (Å²) in [5.74, 6) is 0.397. The zero-order chi connectivity index (χ0) is 17.7. The third kappa shape index (κ3) is 4.80. The molecule has 0 unspecified atom stereocenters. The van der Waals surface area contributed by atoms with E-state index in [4.69, 9.17) is 4.74 Å². The molecular weight excluding hydrogens is 333 g/mol. The first-order valence-electron chi connectivity index (χ1n) is 7.85.